The number of nitrogens with one attached hydrogen (secondary N) is 1. The molecule has 0 saturated heterocycles. The molecule has 0 aliphatic carbocycles. The molecule has 2 aromatic rings. The number of aliphatic hydroxyl groups excluding tert-OH is 2. The molecule has 1 atom stereocenters. The van der Waals surface area contributed by atoms with Crippen molar-refractivity contribution in [1.29, 1.82) is 0 Å². The highest BCUT2D eigenvalue weighted by Gasteiger charge is 2.22. The maximum atomic E-state index is 11.9. The van der Waals surface area contributed by atoms with Crippen LogP contribution in [-0.4, -0.2) is 58.8 Å². The van der Waals surface area contributed by atoms with Gasteiger partial charge in [0.15, 0.2) is 5.69 Å². The van der Waals surface area contributed by atoms with Gasteiger partial charge in [0.25, 0.3) is 5.91 Å². The third-order valence-corrected chi connectivity index (χ3v) is 4.35. The van der Waals surface area contributed by atoms with E-state index in [2.05, 4.69) is 5.32 Å². The molecule has 1 heterocycles. The summed E-state index contributed by atoms with van der Waals surface area (Å²) in [5.74, 6) is -1.97. The van der Waals surface area contributed by atoms with Crippen LogP contribution < -0.4 is 10.5 Å². The molecule has 1 aromatic heterocycles. The lowest BCUT2D eigenvalue weighted by molar-refractivity contribution is 0.0689. The van der Waals surface area contributed by atoms with Crippen LogP contribution in [0, 0.1) is 0 Å². The van der Waals surface area contributed by atoms with Crippen LogP contribution in [0.3, 0.4) is 0 Å². The number of amides is 1. The van der Waals surface area contributed by atoms with Crippen LogP contribution in [0.2, 0.25) is 0 Å². The van der Waals surface area contributed by atoms with E-state index >= 15 is 0 Å². The quantitative estimate of drug-likeness (QED) is 0.407. The monoisotopic (exact) mass is 383 g/mol. The molecule has 11 heteroatoms. The van der Waals surface area contributed by atoms with Gasteiger partial charge in [-0.15, -0.1) is 0 Å². The number of carboxylic acid groups (broad SMARTS) is 1. The summed E-state index contributed by atoms with van der Waals surface area (Å²) >= 11 is 0. The summed E-state index contributed by atoms with van der Waals surface area (Å²) in [6.45, 7) is -0.615. The second-order valence-electron chi connectivity index (χ2n) is 5.35. The van der Waals surface area contributed by atoms with Crippen molar-refractivity contribution in [2.75, 3.05) is 13.2 Å². The SMILES string of the molecule is NS(=O)(=O)n1ccc(-c2ccc(C(=O)NC[C@@H](O)CO)cc2)c1C(=O)O. The van der Waals surface area contributed by atoms with E-state index in [1.165, 1.54) is 30.3 Å². The fourth-order valence-electron chi connectivity index (χ4n) is 2.25. The number of carboxylic acids is 1. The number of carbonyl (C=O) groups excluding carboxylic acids is 1. The maximum Gasteiger partial charge on any atom is 0.354 e. The largest absolute Gasteiger partial charge is 0.477 e. The molecule has 0 spiro atoms. The fourth-order valence-corrected chi connectivity index (χ4v) is 2.91. The molecule has 0 aliphatic heterocycles. The van der Waals surface area contributed by atoms with Gasteiger partial charge >= 0.3 is 16.2 Å². The van der Waals surface area contributed by atoms with E-state index in [0.717, 1.165) is 6.20 Å². The van der Waals surface area contributed by atoms with Crippen molar-refractivity contribution < 1.29 is 33.3 Å². The lowest BCUT2D eigenvalue weighted by atomic mass is 10.0. The van der Waals surface area contributed by atoms with Crippen molar-refractivity contribution >= 4 is 22.1 Å². The Labute approximate surface area is 148 Å². The minimum Gasteiger partial charge on any atom is -0.477 e. The molecule has 0 unspecified atom stereocenters. The smallest absolute Gasteiger partial charge is 0.354 e. The summed E-state index contributed by atoms with van der Waals surface area (Å²) in [6.07, 6.45) is -0.0419. The number of nitrogens with zero attached hydrogens (tertiary/aromatic N) is 1. The first-order valence-corrected chi connectivity index (χ1v) is 8.81. The Morgan fingerprint density at radius 3 is 2.31 bits per heavy atom. The highest BCUT2D eigenvalue weighted by Crippen LogP contribution is 2.26. The minimum absolute atomic E-state index is 0.120. The topological polar surface area (TPSA) is 172 Å². The Balaban J connectivity index is 2.30. The molecule has 0 radical (unpaired) electrons. The van der Waals surface area contributed by atoms with E-state index in [1.807, 2.05) is 0 Å². The van der Waals surface area contributed by atoms with E-state index in [-0.39, 0.29) is 17.7 Å². The lowest BCUT2D eigenvalue weighted by Crippen LogP contribution is -2.33. The van der Waals surface area contributed by atoms with Gasteiger partial charge in [0.05, 0.1) is 12.7 Å². The van der Waals surface area contributed by atoms with Gasteiger partial charge in [0, 0.05) is 23.9 Å². The number of nitrogens with two attached hydrogens (primary N) is 1. The van der Waals surface area contributed by atoms with Crippen molar-refractivity contribution in [2.24, 2.45) is 5.14 Å². The summed E-state index contributed by atoms with van der Waals surface area (Å²) in [5.41, 5.74) is 0.211. The molecule has 10 nitrogen and oxygen atoms in total. The van der Waals surface area contributed by atoms with Crippen LogP contribution in [0.5, 0.6) is 0 Å². The number of aromatic nitrogens is 1. The Morgan fingerprint density at radius 2 is 1.81 bits per heavy atom. The van der Waals surface area contributed by atoms with Crippen LogP contribution in [0.1, 0.15) is 20.8 Å². The van der Waals surface area contributed by atoms with Crippen LogP contribution in [0.4, 0.5) is 0 Å². The van der Waals surface area contributed by atoms with Gasteiger partial charge in [-0.3, -0.25) is 4.79 Å². The summed E-state index contributed by atoms with van der Waals surface area (Å²) in [6, 6.07) is 7.02. The average molecular weight is 383 g/mol. The Morgan fingerprint density at radius 1 is 1.19 bits per heavy atom. The molecule has 1 aromatic carbocycles. The maximum absolute atomic E-state index is 11.9. The van der Waals surface area contributed by atoms with Gasteiger partial charge in [-0.1, -0.05) is 12.1 Å². The summed E-state index contributed by atoms with van der Waals surface area (Å²) < 4.78 is 23.4. The van der Waals surface area contributed by atoms with Gasteiger partial charge in [-0.25, -0.2) is 13.9 Å². The van der Waals surface area contributed by atoms with Crippen molar-refractivity contribution in [3.63, 3.8) is 0 Å². The van der Waals surface area contributed by atoms with Crippen LogP contribution in [0.25, 0.3) is 11.1 Å². The number of benzene rings is 1. The zero-order valence-corrected chi connectivity index (χ0v) is 14.2. The molecule has 1 amide bonds. The van der Waals surface area contributed by atoms with E-state index in [0.29, 0.717) is 9.54 Å². The average Bonchev–Trinajstić information content (AvgIpc) is 3.05. The van der Waals surface area contributed by atoms with Gasteiger partial charge < -0.3 is 20.6 Å². The molecular weight excluding hydrogens is 366 g/mol. The Hall–Kier alpha value is -2.73. The van der Waals surface area contributed by atoms with E-state index in [1.54, 1.807) is 0 Å². The van der Waals surface area contributed by atoms with Crippen molar-refractivity contribution in [1.82, 2.24) is 9.29 Å². The van der Waals surface area contributed by atoms with Crippen LogP contribution in [0.15, 0.2) is 36.5 Å². The normalized spacial score (nSPS) is 12.6. The first-order valence-electron chi connectivity index (χ1n) is 7.30. The van der Waals surface area contributed by atoms with Crippen LogP contribution >= 0.6 is 0 Å². The molecule has 140 valence electrons. The van der Waals surface area contributed by atoms with E-state index < -0.39 is 40.5 Å². The molecule has 6 N–H and O–H groups in total. The molecule has 0 fully saturated rings. The van der Waals surface area contributed by atoms with Crippen molar-refractivity contribution in [3.8, 4) is 11.1 Å². The highest BCUT2D eigenvalue weighted by molar-refractivity contribution is 7.87. The van der Waals surface area contributed by atoms with Gasteiger partial charge in [-0.2, -0.15) is 8.42 Å². The predicted octanol–water partition coefficient (Wildman–Crippen LogP) is -1.01. The van der Waals surface area contributed by atoms with Gasteiger partial charge in [-0.05, 0) is 23.8 Å². The number of rotatable bonds is 7. The third kappa shape index (κ3) is 4.26. The zero-order valence-electron chi connectivity index (χ0n) is 13.4. The molecular formula is C15H17N3O7S. The summed E-state index contributed by atoms with van der Waals surface area (Å²) in [4.78, 5) is 23.4. The van der Waals surface area contributed by atoms with E-state index in [4.69, 9.17) is 10.2 Å². The van der Waals surface area contributed by atoms with E-state index in [9.17, 15) is 28.2 Å². The molecule has 0 aliphatic rings. The number of aromatic carboxylic acids is 1. The number of aliphatic hydroxyl groups is 2. The second kappa shape index (κ2) is 7.66. The van der Waals surface area contributed by atoms with Crippen molar-refractivity contribution in [3.05, 3.63) is 47.8 Å². The zero-order chi connectivity index (χ0) is 19.5. The Kier molecular flexibility index (Phi) is 5.77. The predicted molar refractivity (Wildman–Crippen MR) is 90.8 cm³/mol. The summed E-state index contributed by atoms with van der Waals surface area (Å²) in [5, 5.41) is 34.6. The third-order valence-electron chi connectivity index (χ3n) is 3.50. The van der Waals surface area contributed by atoms with Gasteiger partial charge in [0.1, 0.15) is 0 Å². The first-order chi connectivity index (χ1) is 12.1. The van der Waals surface area contributed by atoms with Crippen molar-refractivity contribution in [2.45, 2.75) is 6.10 Å². The highest BCUT2D eigenvalue weighted by atomic mass is 32.2. The number of carbonyl (C=O) groups is 2. The first kappa shape index (κ1) is 19.6. The number of hydrogen-bond donors (Lipinski definition) is 5. The van der Waals surface area contributed by atoms with Crippen LogP contribution in [-0.2, 0) is 10.2 Å². The molecule has 2 rings (SSSR count). The van der Waals surface area contributed by atoms with Gasteiger partial charge in [0.2, 0.25) is 0 Å². The minimum atomic E-state index is -4.28. The molecule has 0 saturated carbocycles. The molecule has 26 heavy (non-hydrogen) atoms. The number of hydrogen-bond acceptors (Lipinski definition) is 6. The standard InChI is InChI=1S/C15H17N3O7S/c16-26(24,25)18-6-5-12(13(18)15(22)23)9-1-3-10(4-2-9)14(21)17-7-11(20)8-19/h1-6,11,19-20H,7-8H2,(H,17,21)(H,22,23)(H2,16,24,25)/t11-/m1/s1. The molecule has 0 bridgehead atoms. The Bertz CT molecular complexity index is 919. The lowest BCUT2D eigenvalue weighted by Gasteiger charge is -2.09. The second-order valence-corrected chi connectivity index (χ2v) is 6.77. The fraction of sp³-hybridized carbons (Fsp3) is 0.200. The summed E-state index contributed by atoms with van der Waals surface area (Å²) in [7, 11) is -4.28.